The Morgan fingerprint density at radius 1 is 0.610 bits per heavy atom. The molecule has 4 saturated heterocycles. The van der Waals surface area contributed by atoms with Gasteiger partial charge in [-0.2, -0.15) is 0 Å². The monoisotopic (exact) mass is 588 g/mol. The van der Waals surface area contributed by atoms with E-state index in [-0.39, 0.29) is 51.6 Å². The smallest absolute Gasteiger partial charge is 0.327 e. The van der Waals surface area contributed by atoms with Crippen LogP contribution < -0.4 is 0 Å². The van der Waals surface area contributed by atoms with Crippen LogP contribution in [-0.2, 0) is 43.3 Å². The Bertz CT molecular complexity index is 902. The van der Waals surface area contributed by atoms with E-state index < -0.39 is 54.2 Å². The minimum absolute atomic E-state index is 0.186. The lowest BCUT2D eigenvalue weighted by Crippen LogP contribution is -2.61. The molecule has 16 nitrogen and oxygen atoms in total. The van der Waals surface area contributed by atoms with E-state index >= 15 is 0 Å². The third-order valence-electron chi connectivity index (χ3n) is 7.43. The average Bonchev–Trinajstić information content (AvgIpc) is 3.74. The first-order valence-electron chi connectivity index (χ1n) is 14.1. The van der Waals surface area contributed by atoms with Gasteiger partial charge in [-0.15, -0.1) is 20.3 Å². The van der Waals surface area contributed by atoms with Crippen LogP contribution in [0.1, 0.15) is 44.9 Å². The highest BCUT2D eigenvalue weighted by Crippen LogP contribution is 2.46. The zero-order valence-electron chi connectivity index (χ0n) is 23.1. The van der Waals surface area contributed by atoms with Gasteiger partial charge in [0.15, 0.2) is 0 Å². The quantitative estimate of drug-likeness (QED) is 0.124. The maximum atomic E-state index is 12.6. The lowest BCUT2D eigenvalue weighted by atomic mass is 9.63. The third-order valence-corrected chi connectivity index (χ3v) is 7.43. The largest absolute Gasteiger partial charge is 0.395 e. The fourth-order valence-corrected chi connectivity index (χ4v) is 4.52. The van der Waals surface area contributed by atoms with Gasteiger partial charge < -0.3 is 39.4 Å². The van der Waals surface area contributed by atoms with E-state index in [1.807, 2.05) is 0 Å². The summed E-state index contributed by atoms with van der Waals surface area (Å²) in [4.78, 5) is 70.3. The highest BCUT2D eigenvalue weighted by Gasteiger charge is 2.56. The van der Waals surface area contributed by atoms with Crippen molar-refractivity contribution in [2.24, 2.45) is 5.41 Å². The van der Waals surface area contributed by atoms with Crippen LogP contribution in [0.15, 0.2) is 0 Å². The number of ether oxygens (including phenoxy) is 1. The zero-order chi connectivity index (χ0) is 29.5. The van der Waals surface area contributed by atoms with Crippen LogP contribution in [0.5, 0.6) is 0 Å². The van der Waals surface area contributed by atoms with Crippen molar-refractivity contribution < 1.29 is 58.6 Å². The van der Waals surface area contributed by atoms with Crippen molar-refractivity contribution in [3.05, 3.63) is 0 Å². The Kier molecular flexibility index (Phi) is 10.9. The molecule has 1 atom stereocenters. The SMILES string of the molecule is O=C(CCOC(CCC(=O)ON1CC1)(CCC(=O)ON1CC1)C(CO)(CO)C(O)CCC(=O)ON1CC1)ON1CC1. The van der Waals surface area contributed by atoms with E-state index in [0.29, 0.717) is 52.4 Å². The van der Waals surface area contributed by atoms with E-state index in [2.05, 4.69) is 0 Å². The number of aliphatic hydroxyl groups excluding tert-OH is 3. The van der Waals surface area contributed by atoms with E-state index in [4.69, 9.17) is 24.1 Å². The van der Waals surface area contributed by atoms with Crippen molar-refractivity contribution in [2.45, 2.75) is 56.7 Å². The average molecular weight is 589 g/mol. The van der Waals surface area contributed by atoms with Crippen LogP contribution in [0.2, 0.25) is 0 Å². The summed E-state index contributed by atoms with van der Waals surface area (Å²) in [6.07, 6.45) is -3.06. The van der Waals surface area contributed by atoms with Gasteiger partial charge in [0.1, 0.15) is 0 Å². The van der Waals surface area contributed by atoms with Crippen LogP contribution >= 0.6 is 0 Å². The maximum absolute atomic E-state index is 12.6. The molecule has 232 valence electrons. The Labute approximate surface area is 237 Å². The van der Waals surface area contributed by atoms with Crippen LogP contribution in [0.25, 0.3) is 0 Å². The molecule has 0 aromatic carbocycles. The summed E-state index contributed by atoms with van der Waals surface area (Å²) in [5, 5.41) is 38.6. The number of aliphatic hydroxyl groups is 3. The van der Waals surface area contributed by atoms with E-state index in [9.17, 15) is 34.5 Å². The zero-order valence-corrected chi connectivity index (χ0v) is 23.1. The lowest BCUT2D eigenvalue weighted by molar-refractivity contribution is -0.225. The number of hydrogen-bond donors (Lipinski definition) is 3. The maximum Gasteiger partial charge on any atom is 0.327 e. The molecule has 4 aliphatic heterocycles. The van der Waals surface area contributed by atoms with Crippen LogP contribution in [0.3, 0.4) is 0 Å². The van der Waals surface area contributed by atoms with Gasteiger partial charge in [-0.1, -0.05) is 0 Å². The van der Waals surface area contributed by atoms with E-state index in [1.54, 1.807) is 0 Å². The van der Waals surface area contributed by atoms with Gasteiger partial charge in [-0.25, -0.2) is 0 Å². The number of nitrogens with zero attached hydrogens (tertiary/aromatic N) is 4. The molecule has 3 N–H and O–H groups in total. The normalized spacial score (nSPS) is 19.8. The summed E-state index contributed by atoms with van der Waals surface area (Å²) in [5.41, 5.74) is -3.59. The Morgan fingerprint density at radius 2 is 0.976 bits per heavy atom. The van der Waals surface area contributed by atoms with Crippen LogP contribution in [-0.4, -0.2) is 143 Å². The topological polar surface area (TPSA) is 187 Å². The standard InChI is InChI=1S/C25H40N4O12/c30-17-24(18-31,19(32)1-2-20(33)38-26-8-9-26)25(6-3-21(34)39-27-10-11-27,7-4-22(35)40-28-12-13-28)37-16-5-23(36)41-29-14-15-29/h19,30-32H,1-18H2. The predicted molar refractivity (Wildman–Crippen MR) is 134 cm³/mol. The summed E-state index contributed by atoms with van der Waals surface area (Å²) in [7, 11) is 0. The second kappa shape index (κ2) is 14.2. The van der Waals surface area contributed by atoms with Gasteiger partial charge in [0, 0.05) is 6.42 Å². The molecule has 0 bridgehead atoms. The van der Waals surface area contributed by atoms with Gasteiger partial charge >= 0.3 is 23.9 Å². The number of rotatable bonds is 21. The number of hydroxylamine groups is 8. The Morgan fingerprint density at radius 3 is 1.34 bits per heavy atom. The minimum atomic E-state index is -1.86. The fraction of sp³-hybridized carbons (Fsp3) is 0.840. The molecule has 4 fully saturated rings. The third kappa shape index (κ3) is 9.54. The van der Waals surface area contributed by atoms with Crippen molar-refractivity contribution in [1.29, 1.82) is 0 Å². The molecule has 0 amide bonds. The van der Waals surface area contributed by atoms with Crippen molar-refractivity contribution in [1.82, 2.24) is 20.3 Å². The summed E-state index contributed by atoms with van der Waals surface area (Å²) >= 11 is 0. The molecular formula is C25H40N4O12. The summed E-state index contributed by atoms with van der Waals surface area (Å²) in [5.74, 6) is -2.39. The van der Waals surface area contributed by atoms with Crippen LogP contribution in [0.4, 0.5) is 0 Å². The van der Waals surface area contributed by atoms with E-state index in [0.717, 1.165) is 0 Å². The molecule has 1 unspecified atom stereocenters. The van der Waals surface area contributed by atoms with Crippen molar-refractivity contribution >= 4 is 23.9 Å². The summed E-state index contributed by atoms with van der Waals surface area (Å²) in [6.45, 7) is 2.94. The molecule has 41 heavy (non-hydrogen) atoms. The number of hydrogen-bond acceptors (Lipinski definition) is 16. The molecule has 0 spiro atoms. The fourth-order valence-electron chi connectivity index (χ4n) is 4.52. The summed E-state index contributed by atoms with van der Waals surface area (Å²) in [6, 6.07) is 0. The highest BCUT2D eigenvalue weighted by atomic mass is 16.7. The van der Waals surface area contributed by atoms with Crippen molar-refractivity contribution in [3.63, 3.8) is 0 Å². The predicted octanol–water partition coefficient (Wildman–Crippen LogP) is -2.10. The van der Waals surface area contributed by atoms with Gasteiger partial charge in [0.25, 0.3) is 0 Å². The van der Waals surface area contributed by atoms with Gasteiger partial charge in [0.2, 0.25) is 0 Å². The highest BCUT2D eigenvalue weighted by molar-refractivity contribution is 5.71. The molecule has 4 heterocycles. The second-order valence-corrected chi connectivity index (χ2v) is 10.7. The van der Waals surface area contributed by atoms with Gasteiger partial charge in [0.05, 0.1) is 109 Å². The molecule has 0 saturated carbocycles. The van der Waals surface area contributed by atoms with E-state index in [1.165, 1.54) is 20.3 Å². The number of carbonyl (C=O) groups is 4. The first-order valence-corrected chi connectivity index (χ1v) is 14.1. The van der Waals surface area contributed by atoms with Gasteiger partial charge in [-0.05, 0) is 19.3 Å². The first-order chi connectivity index (χ1) is 19.7. The number of carbonyl (C=O) groups excluding carboxylic acids is 4. The van der Waals surface area contributed by atoms with Crippen molar-refractivity contribution in [3.8, 4) is 0 Å². The Hall–Kier alpha value is -2.44. The molecular weight excluding hydrogens is 548 g/mol. The molecule has 0 aliphatic carbocycles. The molecule has 4 aliphatic rings. The molecule has 4 rings (SSSR count). The molecule has 0 aromatic heterocycles. The van der Waals surface area contributed by atoms with Crippen LogP contribution in [0, 0.1) is 5.41 Å². The van der Waals surface area contributed by atoms with Gasteiger partial charge in [-0.3, -0.25) is 19.2 Å². The second-order valence-electron chi connectivity index (χ2n) is 10.7. The Balaban J connectivity index is 1.54. The lowest BCUT2D eigenvalue weighted by Gasteiger charge is -2.51. The molecule has 0 aromatic rings. The first kappa shape index (κ1) is 31.5. The van der Waals surface area contributed by atoms with Crippen molar-refractivity contribution in [2.75, 3.05) is 72.2 Å². The molecule has 0 radical (unpaired) electrons. The molecule has 16 heteroatoms. The summed E-state index contributed by atoms with van der Waals surface area (Å²) < 4.78 is 6.23. The minimum Gasteiger partial charge on any atom is -0.395 e.